The van der Waals surface area contributed by atoms with Crippen molar-refractivity contribution in [1.29, 1.82) is 0 Å². The second-order valence-electron chi connectivity index (χ2n) is 4.31. The first kappa shape index (κ1) is 13.8. The zero-order chi connectivity index (χ0) is 12.9. The van der Waals surface area contributed by atoms with Crippen LogP contribution in [0.1, 0.15) is 33.1 Å². The number of nitrogens with zero attached hydrogens (tertiary/aromatic N) is 1. The van der Waals surface area contributed by atoms with Gasteiger partial charge in [0.1, 0.15) is 5.41 Å². The van der Waals surface area contributed by atoms with Crippen LogP contribution in [-0.4, -0.2) is 36.2 Å². The molecule has 1 unspecified atom stereocenters. The van der Waals surface area contributed by atoms with Gasteiger partial charge in [0.2, 0.25) is 5.91 Å². The zero-order valence-electron chi connectivity index (χ0n) is 10.4. The van der Waals surface area contributed by atoms with Crippen LogP contribution in [0.4, 0.5) is 0 Å². The van der Waals surface area contributed by atoms with Crippen molar-refractivity contribution in [2.24, 2.45) is 16.3 Å². The summed E-state index contributed by atoms with van der Waals surface area (Å²) in [4.78, 5) is 12.2. The average Bonchev–Trinajstić information content (AvgIpc) is 2.83. The van der Waals surface area contributed by atoms with E-state index >= 15 is 0 Å². The number of carbonyl (C=O) groups is 1. The molecule has 98 valence electrons. The van der Waals surface area contributed by atoms with E-state index in [0.29, 0.717) is 26.1 Å². The Morgan fingerprint density at radius 1 is 1.59 bits per heavy atom. The van der Waals surface area contributed by atoms with Gasteiger partial charge in [-0.05, 0) is 19.3 Å². The summed E-state index contributed by atoms with van der Waals surface area (Å²) in [6, 6.07) is 0.0338. The molecular weight excluding hydrogens is 222 g/mol. The van der Waals surface area contributed by atoms with Gasteiger partial charge in [-0.15, -0.1) is 0 Å². The van der Waals surface area contributed by atoms with Crippen molar-refractivity contribution in [1.82, 2.24) is 5.32 Å². The molecule has 1 aliphatic heterocycles. The Balaban J connectivity index is 2.79. The lowest BCUT2D eigenvalue weighted by Gasteiger charge is -2.29. The number of hydrogen-bond donors (Lipinski definition) is 3. The van der Waals surface area contributed by atoms with E-state index in [4.69, 9.17) is 15.7 Å². The number of amidine groups is 1. The second-order valence-corrected chi connectivity index (χ2v) is 4.31. The fourth-order valence-electron chi connectivity index (χ4n) is 2.12. The Hall–Kier alpha value is -1.30. The molecule has 0 aromatic carbocycles. The lowest BCUT2D eigenvalue weighted by atomic mass is 9.80. The second kappa shape index (κ2) is 5.86. The van der Waals surface area contributed by atoms with Crippen molar-refractivity contribution in [2.45, 2.75) is 39.2 Å². The number of carbonyl (C=O) groups excluding carboxylic acids is 1. The molecular formula is C11H21N3O3. The summed E-state index contributed by atoms with van der Waals surface area (Å²) >= 11 is 0. The molecule has 0 spiro atoms. The van der Waals surface area contributed by atoms with Gasteiger partial charge in [-0.3, -0.25) is 4.79 Å². The minimum absolute atomic E-state index is 0.0288. The van der Waals surface area contributed by atoms with Gasteiger partial charge in [-0.1, -0.05) is 19.0 Å². The fourth-order valence-corrected chi connectivity index (χ4v) is 2.12. The van der Waals surface area contributed by atoms with E-state index in [1.807, 2.05) is 13.8 Å². The molecule has 1 heterocycles. The van der Waals surface area contributed by atoms with Gasteiger partial charge in [0.15, 0.2) is 5.84 Å². The maximum absolute atomic E-state index is 12.2. The average molecular weight is 243 g/mol. The maximum Gasteiger partial charge on any atom is 0.234 e. The Kier molecular flexibility index (Phi) is 4.74. The summed E-state index contributed by atoms with van der Waals surface area (Å²) in [5, 5.41) is 14.7. The predicted molar refractivity (Wildman–Crippen MR) is 63.8 cm³/mol. The molecule has 4 N–H and O–H groups in total. The SMILES string of the molecule is CCC(CC)(C(=O)NC1CCOC1)C(N)=NO. The van der Waals surface area contributed by atoms with Crippen LogP contribution in [0.3, 0.4) is 0 Å². The topological polar surface area (TPSA) is 96.9 Å². The van der Waals surface area contributed by atoms with Crippen LogP contribution >= 0.6 is 0 Å². The molecule has 0 radical (unpaired) electrons. The van der Waals surface area contributed by atoms with Crippen LogP contribution in [0.15, 0.2) is 5.16 Å². The van der Waals surface area contributed by atoms with Gasteiger partial charge < -0.3 is 21.0 Å². The zero-order valence-corrected chi connectivity index (χ0v) is 10.4. The highest BCUT2D eigenvalue weighted by atomic mass is 16.5. The van der Waals surface area contributed by atoms with E-state index in [2.05, 4.69) is 10.5 Å². The summed E-state index contributed by atoms with van der Waals surface area (Å²) in [5.41, 5.74) is 4.74. The molecule has 0 aromatic rings. The minimum Gasteiger partial charge on any atom is -0.409 e. The Labute approximate surface area is 101 Å². The summed E-state index contributed by atoms with van der Waals surface area (Å²) in [7, 11) is 0. The predicted octanol–water partition coefficient (Wildman–Crippen LogP) is 0.444. The lowest BCUT2D eigenvalue weighted by Crippen LogP contribution is -2.52. The maximum atomic E-state index is 12.2. The standard InChI is InChI=1S/C11H21N3O3/c1-3-11(4-2,9(12)14-16)10(15)13-8-5-6-17-7-8/h8,16H,3-7H2,1-2H3,(H2,12,14)(H,13,15). The number of rotatable bonds is 5. The van der Waals surface area contributed by atoms with Crippen LogP contribution in [0, 0.1) is 5.41 Å². The molecule has 0 aliphatic carbocycles. The number of oxime groups is 1. The van der Waals surface area contributed by atoms with Crippen molar-refractivity contribution < 1.29 is 14.7 Å². The van der Waals surface area contributed by atoms with E-state index < -0.39 is 5.41 Å². The first-order valence-electron chi connectivity index (χ1n) is 5.97. The number of nitrogens with one attached hydrogen (secondary N) is 1. The molecule has 1 atom stereocenters. The molecule has 1 saturated heterocycles. The third kappa shape index (κ3) is 2.69. The molecule has 6 nitrogen and oxygen atoms in total. The smallest absolute Gasteiger partial charge is 0.234 e. The van der Waals surface area contributed by atoms with Crippen LogP contribution in [0.25, 0.3) is 0 Å². The monoisotopic (exact) mass is 243 g/mol. The lowest BCUT2D eigenvalue weighted by molar-refractivity contribution is -0.128. The van der Waals surface area contributed by atoms with E-state index in [1.54, 1.807) is 0 Å². The normalized spacial score (nSPS) is 21.5. The molecule has 0 saturated carbocycles. The third-order valence-corrected chi connectivity index (χ3v) is 3.50. The van der Waals surface area contributed by atoms with Crippen LogP contribution < -0.4 is 11.1 Å². The molecule has 0 aromatic heterocycles. The van der Waals surface area contributed by atoms with Crippen molar-refractivity contribution in [3.63, 3.8) is 0 Å². The van der Waals surface area contributed by atoms with Gasteiger partial charge in [0, 0.05) is 6.61 Å². The first-order chi connectivity index (χ1) is 8.10. The van der Waals surface area contributed by atoms with Gasteiger partial charge in [0.25, 0.3) is 0 Å². The number of ether oxygens (including phenoxy) is 1. The van der Waals surface area contributed by atoms with E-state index in [1.165, 1.54) is 0 Å². The van der Waals surface area contributed by atoms with Crippen LogP contribution in [0.5, 0.6) is 0 Å². The largest absolute Gasteiger partial charge is 0.409 e. The van der Waals surface area contributed by atoms with E-state index in [-0.39, 0.29) is 17.8 Å². The van der Waals surface area contributed by atoms with E-state index in [0.717, 1.165) is 6.42 Å². The molecule has 0 bridgehead atoms. The summed E-state index contributed by atoms with van der Waals surface area (Å²) < 4.78 is 5.20. The van der Waals surface area contributed by atoms with Gasteiger partial charge in [-0.25, -0.2) is 0 Å². The van der Waals surface area contributed by atoms with Crippen molar-refractivity contribution in [2.75, 3.05) is 13.2 Å². The van der Waals surface area contributed by atoms with Crippen LogP contribution in [0.2, 0.25) is 0 Å². The molecule has 1 rings (SSSR count). The van der Waals surface area contributed by atoms with Gasteiger partial charge in [-0.2, -0.15) is 0 Å². The highest BCUT2D eigenvalue weighted by Crippen LogP contribution is 2.27. The van der Waals surface area contributed by atoms with E-state index in [9.17, 15) is 4.79 Å². The molecule has 6 heteroatoms. The highest BCUT2D eigenvalue weighted by molar-refractivity contribution is 6.06. The fraction of sp³-hybridized carbons (Fsp3) is 0.818. The molecule has 17 heavy (non-hydrogen) atoms. The Morgan fingerprint density at radius 2 is 2.24 bits per heavy atom. The number of amides is 1. The molecule has 1 aliphatic rings. The summed E-state index contributed by atoms with van der Waals surface area (Å²) in [5.74, 6) is -0.216. The Bertz CT molecular complexity index is 294. The molecule has 1 amide bonds. The number of nitrogens with two attached hydrogens (primary N) is 1. The van der Waals surface area contributed by atoms with Crippen molar-refractivity contribution in [3.05, 3.63) is 0 Å². The number of hydrogen-bond acceptors (Lipinski definition) is 4. The van der Waals surface area contributed by atoms with Crippen LogP contribution in [-0.2, 0) is 9.53 Å². The minimum atomic E-state index is -0.919. The summed E-state index contributed by atoms with van der Waals surface area (Å²) in [6.07, 6.45) is 1.81. The third-order valence-electron chi connectivity index (χ3n) is 3.50. The quantitative estimate of drug-likeness (QED) is 0.282. The Morgan fingerprint density at radius 3 is 2.65 bits per heavy atom. The highest BCUT2D eigenvalue weighted by Gasteiger charge is 2.40. The van der Waals surface area contributed by atoms with Crippen molar-refractivity contribution in [3.8, 4) is 0 Å². The summed E-state index contributed by atoms with van der Waals surface area (Å²) in [6.45, 7) is 4.91. The van der Waals surface area contributed by atoms with Gasteiger partial charge >= 0.3 is 0 Å². The van der Waals surface area contributed by atoms with Gasteiger partial charge in [0.05, 0.1) is 12.6 Å². The first-order valence-corrected chi connectivity index (χ1v) is 5.97. The molecule has 1 fully saturated rings. The van der Waals surface area contributed by atoms with Crippen molar-refractivity contribution >= 4 is 11.7 Å².